The van der Waals surface area contributed by atoms with E-state index in [9.17, 15) is 14.7 Å². The molecular weight excluding hydrogens is 462 g/mol. The lowest BCUT2D eigenvalue weighted by Gasteiger charge is -2.43. The maximum atomic E-state index is 13.8. The van der Waals surface area contributed by atoms with Crippen LogP contribution in [0.15, 0.2) is 24.5 Å². The molecule has 35 heavy (non-hydrogen) atoms. The summed E-state index contributed by atoms with van der Waals surface area (Å²) >= 11 is 1.14. The molecule has 2 aromatic rings. The van der Waals surface area contributed by atoms with E-state index in [0.717, 1.165) is 37.0 Å². The first-order valence-electron chi connectivity index (χ1n) is 12.3. The number of thiophene rings is 1. The number of carbonyl (C=O) groups excluding carboxylic acids is 1. The molecule has 8 heteroatoms. The molecule has 0 unspecified atom stereocenters. The van der Waals surface area contributed by atoms with E-state index in [0.29, 0.717) is 35.3 Å². The van der Waals surface area contributed by atoms with Crippen LogP contribution in [0.25, 0.3) is 0 Å². The highest BCUT2D eigenvalue weighted by Crippen LogP contribution is 2.40. The molecule has 2 aliphatic carbocycles. The molecule has 0 spiro atoms. The van der Waals surface area contributed by atoms with Gasteiger partial charge in [0.15, 0.2) is 0 Å². The number of aromatic carboxylic acids is 1. The number of nitrogens with zero attached hydrogens (tertiary/aromatic N) is 3. The minimum Gasteiger partial charge on any atom is -0.477 e. The Kier molecular flexibility index (Phi) is 7.46. The maximum absolute atomic E-state index is 13.8. The fourth-order valence-electron chi connectivity index (χ4n) is 4.56. The zero-order valence-electron chi connectivity index (χ0n) is 20.8. The van der Waals surface area contributed by atoms with E-state index >= 15 is 0 Å². The van der Waals surface area contributed by atoms with Crippen LogP contribution in [0.3, 0.4) is 0 Å². The summed E-state index contributed by atoms with van der Waals surface area (Å²) in [4.78, 5) is 36.8. The first-order valence-corrected chi connectivity index (χ1v) is 13.1. The van der Waals surface area contributed by atoms with Gasteiger partial charge >= 0.3 is 12.0 Å². The Labute approximate surface area is 210 Å². The number of aromatic nitrogens is 2. The zero-order chi connectivity index (χ0) is 25.2. The van der Waals surface area contributed by atoms with Gasteiger partial charge in [0.1, 0.15) is 11.0 Å². The van der Waals surface area contributed by atoms with Crippen molar-refractivity contribution in [2.24, 2.45) is 17.3 Å². The van der Waals surface area contributed by atoms with Crippen molar-refractivity contribution in [3.05, 3.63) is 34.3 Å². The molecule has 0 aromatic carbocycles. The molecule has 2 heterocycles. The molecule has 2 aliphatic rings. The van der Waals surface area contributed by atoms with Crippen molar-refractivity contribution >= 4 is 28.9 Å². The lowest BCUT2D eigenvalue weighted by Crippen LogP contribution is -2.54. The maximum Gasteiger partial charge on any atom is 0.348 e. The van der Waals surface area contributed by atoms with Crippen LogP contribution in [-0.2, 0) is 4.79 Å². The Morgan fingerprint density at radius 1 is 1.14 bits per heavy atom. The van der Waals surface area contributed by atoms with Gasteiger partial charge in [0.05, 0.1) is 10.6 Å². The molecule has 0 aliphatic heterocycles. The third-order valence-electron chi connectivity index (χ3n) is 6.58. The SMILES string of the molecule is CC(C)(C)C#Cc1cc(N(C(=O)[C@H]2CC[C@H](C)CC2)[C@H]2C[C@H](Oc3ncccn3)C2)c(C(=O)O)s1. The van der Waals surface area contributed by atoms with Crippen molar-refractivity contribution in [3.63, 3.8) is 0 Å². The topological polar surface area (TPSA) is 92.6 Å². The van der Waals surface area contributed by atoms with Crippen LogP contribution < -0.4 is 9.64 Å². The second-order valence-corrected chi connectivity index (χ2v) is 11.7. The third kappa shape index (κ3) is 6.21. The van der Waals surface area contributed by atoms with Gasteiger partial charge in [-0.2, -0.15) is 0 Å². The molecule has 186 valence electrons. The molecule has 1 amide bonds. The Hall–Kier alpha value is -2.92. The Morgan fingerprint density at radius 3 is 2.40 bits per heavy atom. The summed E-state index contributed by atoms with van der Waals surface area (Å²) in [5, 5.41) is 9.99. The number of hydrogen-bond donors (Lipinski definition) is 1. The molecule has 2 saturated carbocycles. The van der Waals surface area contributed by atoms with Gasteiger partial charge in [0.2, 0.25) is 5.91 Å². The number of anilines is 1. The predicted molar refractivity (Wildman–Crippen MR) is 136 cm³/mol. The first-order chi connectivity index (χ1) is 16.6. The smallest absolute Gasteiger partial charge is 0.348 e. The first kappa shape index (κ1) is 25.2. The number of carboxylic acid groups (broad SMARTS) is 1. The average molecular weight is 496 g/mol. The summed E-state index contributed by atoms with van der Waals surface area (Å²) < 4.78 is 5.87. The largest absolute Gasteiger partial charge is 0.477 e. The summed E-state index contributed by atoms with van der Waals surface area (Å²) in [5.74, 6) is 5.82. The van der Waals surface area contributed by atoms with Gasteiger partial charge in [0.25, 0.3) is 0 Å². The van der Waals surface area contributed by atoms with E-state index in [1.54, 1.807) is 29.4 Å². The van der Waals surface area contributed by atoms with Gasteiger partial charge in [-0.25, -0.2) is 14.8 Å². The van der Waals surface area contributed by atoms with Crippen LogP contribution in [0, 0.1) is 29.1 Å². The number of carboxylic acids is 1. The van der Waals surface area contributed by atoms with Gasteiger partial charge in [-0.3, -0.25) is 4.79 Å². The second-order valence-electron chi connectivity index (χ2n) is 10.7. The highest BCUT2D eigenvalue weighted by molar-refractivity contribution is 7.15. The molecule has 0 saturated heterocycles. The van der Waals surface area contributed by atoms with Crippen LogP contribution in [0.1, 0.15) is 80.8 Å². The fourth-order valence-corrected chi connectivity index (χ4v) is 5.41. The van der Waals surface area contributed by atoms with Crippen LogP contribution in [-0.4, -0.2) is 39.1 Å². The molecule has 1 N–H and O–H groups in total. The molecule has 0 atom stereocenters. The number of hydrogen-bond acceptors (Lipinski definition) is 6. The lowest BCUT2D eigenvalue weighted by atomic mass is 9.80. The van der Waals surface area contributed by atoms with E-state index < -0.39 is 5.97 Å². The molecule has 4 rings (SSSR count). The van der Waals surface area contributed by atoms with E-state index in [2.05, 4.69) is 28.7 Å². The van der Waals surface area contributed by atoms with Crippen molar-refractivity contribution < 1.29 is 19.4 Å². The van der Waals surface area contributed by atoms with Crippen LogP contribution in [0.2, 0.25) is 0 Å². The molecule has 2 aromatic heterocycles. The van der Waals surface area contributed by atoms with Crippen molar-refractivity contribution in [3.8, 4) is 17.9 Å². The van der Waals surface area contributed by atoms with Crippen molar-refractivity contribution in [1.29, 1.82) is 0 Å². The van der Waals surface area contributed by atoms with Crippen molar-refractivity contribution in [2.75, 3.05) is 4.90 Å². The quantitative estimate of drug-likeness (QED) is 0.539. The monoisotopic (exact) mass is 495 g/mol. The number of rotatable bonds is 6. The third-order valence-corrected chi connectivity index (χ3v) is 7.61. The van der Waals surface area contributed by atoms with E-state index in [4.69, 9.17) is 4.74 Å². The molecule has 0 bridgehead atoms. The van der Waals surface area contributed by atoms with Crippen molar-refractivity contribution in [2.45, 2.75) is 78.4 Å². The minimum atomic E-state index is -1.03. The van der Waals surface area contributed by atoms with Crippen LogP contribution in [0.4, 0.5) is 5.69 Å². The fraction of sp³-hybridized carbons (Fsp3) is 0.556. The normalized spacial score (nSPS) is 24.0. The molecule has 2 fully saturated rings. The number of amides is 1. The summed E-state index contributed by atoms with van der Waals surface area (Å²) in [6.07, 6.45) is 8.06. The molecule has 7 nitrogen and oxygen atoms in total. The van der Waals surface area contributed by atoms with Crippen LogP contribution >= 0.6 is 11.3 Å². The molecule has 0 radical (unpaired) electrons. The number of ether oxygens (including phenoxy) is 1. The van der Waals surface area contributed by atoms with E-state index in [1.807, 2.05) is 20.8 Å². The van der Waals surface area contributed by atoms with Gasteiger partial charge < -0.3 is 14.7 Å². The standard InChI is InChI=1S/C27H33N3O4S/c1-17-6-8-18(9-7-17)24(31)30(19-14-20(15-19)34-26-28-12-5-13-29-26)22-16-21(10-11-27(2,3)4)35-23(22)25(32)33/h5,12-13,16-20H,6-9,14-15H2,1-4H3,(H,32,33)/t17-,18-,19-,20-. The number of carbonyl (C=O) groups is 2. The van der Waals surface area contributed by atoms with Gasteiger partial charge in [-0.05, 0) is 64.5 Å². The van der Waals surface area contributed by atoms with Gasteiger partial charge in [-0.1, -0.05) is 18.8 Å². The van der Waals surface area contributed by atoms with Crippen LogP contribution in [0.5, 0.6) is 6.01 Å². The second kappa shape index (κ2) is 10.4. The van der Waals surface area contributed by atoms with Crippen molar-refractivity contribution in [1.82, 2.24) is 9.97 Å². The molecular formula is C27H33N3O4S. The lowest BCUT2D eigenvalue weighted by molar-refractivity contribution is -0.124. The summed E-state index contributed by atoms with van der Waals surface area (Å²) in [6, 6.07) is 3.69. The summed E-state index contributed by atoms with van der Waals surface area (Å²) in [6.45, 7) is 8.26. The van der Waals surface area contributed by atoms with Gasteiger partial charge in [0, 0.05) is 42.6 Å². The van der Waals surface area contributed by atoms with E-state index in [-0.39, 0.29) is 34.3 Å². The highest BCUT2D eigenvalue weighted by atomic mass is 32.1. The zero-order valence-corrected chi connectivity index (χ0v) is 21.6. The predicted octanol–water partition coefficient (Wildman–Crippen LogP) is 5.40. The highest BCUT2D eigenvalue weighted by Gasteiger charge is 2.42. The van der Waals surface area contributed by atoms with Gasteiger partial charge in [-0.15, -0.1) is 11.3 Å². The summed E-state index contributed by atoms with van der Waals surface area (Å²) in [5.41, 5.74) is 0.253. The average Bonchev–Trinajstić information content (AvgIpc) is 3.21. The Morgan fingerprint density at radius 2 is 1.80 bits per heavy atom. The Balaban J connectivity index is 1.61. The summed E-state index contributed by atoms with van der Waals surface area (Å²) in [7, 11) is 0. The minimum absolute atomic E-state index is 0.0203. The Bertz CT molecular complexity index is 1110. The van der Waals surface area contributed by atoms with E-state index in [1.165, 1.54) is 0 Å².